The third-order valence-electron chi connectivity index (χ3n) is 2.33. The van der Waals surface area contributed by atoms with Crippen LogP contribution >= 0.6 is 12.2 Å². The van der Waals surface area contributed by atoms with E-state index in [1.165, 1.54) is 0 Å². The molecule has 0 unspecified atom stereocenters. The van der Waals surface area contributed by atoms with Crippen LogP contribution in [0.2, 0.25) is 0 Å². The predicted octanol–water partition coefficient (Wildman–Crippen LogP) is 1.52. The van der Waals surface area contributed by atoms with Gasteiger partial charge in [-0.15, -0.1) is 0 Å². The van der Waals surface area contributed by atoms with Crippen LogP contribution in [0.4, 0.5) is 0 Å². The Bertz CT molecular complexity index is 645. The van der Waals surface area contributed by atoms with Crippen molar-refractivity contribution in [1.82, 2.24) is 25.4 Å². The Kier molecular flexibility index (Phi) is 2.70. The Balaban J connectivity index is 2.62. The van der Waals surface area contributed by atoms with Crippen LogP contribution in [0.1, 0.15) is 26.5 Å². The molecule has 0 atom stereocenters. The van der Waals surface area contributed by atoms with Crippen LogP contribution < -0.4 is 5.56 Å². The highest BCUT2D eigenvalue weighted by atomic mass is 32.1. The van der Waals surface area contributed by atoms with Gasteiger partial charge >= 0.3 is 0 Å². The monoisotopic (exact) mass is 251 g/mol. The molecule has 0 bridgehead atoms. The molecule has 0 spiro atoms. The minimum absolute atomic E-state index is 0.147. The summed E-state index contributed by atoms with van der Waals surface area (Å²) in [5.41, 5.74) is 0.772. The van der Waals surface area contributed by atoms with Crippen molar-refractivity contribution >= 4 is 12.2 Å². The van der Waals surface area contributed by atoms with Gasteiger partial charge in [0, 0.05) is 5.41 Å². The van der Waals surface area contributed by atoms with Crippen molar-refractivity contribution in [3.05, 3.63) is 26.9 Å². The molecule has 90 valence electrons. The third kappa shape index (κ3) is 2.33. The normalized spacial score (nSPS) is 11.7. The van der Waals surface area contributed by atoms with E-state index in [2.05, 4.69) is 25.4 Å². The maximum absolute atomic E-state index is 11.7. The lowest BCUT2D eigenvalue weighted by atomic mass is 9.91. The average molecular weight is 251 g/mol. The molecule has 0 aromatic carbocycles. The highest BCUT2D eigenvalue weighted by molar-refractivity contribution is 7.71. The second kappa shape index (κ2) is 3.92. The summed E-state index contributed by atoms with van der Waals surface area (Å²) in [5, 5.41) is 11.9. The van der Waals surface area contributed by atoms with E-state index >= 15 is 0 Å². The largest absolute Gasteiger partial charge is 0.281 e. The molecule has 0 radical (unpaired) electrons. The zero-order valence-corrected chi connectivity index (χ0v) is 10.6. The summed E-state index contributed by atoms with van der Waals surface area (Å²) >= 11 is 4.86. The molecule has 3 N–H and O–H groups in total. The van der Waals surface area contributed by atoms with E-state index in [0.29, 0.717) is 16.2 Å². The number of nitrogens with zero attached hydrogens (tertiary/aromatic N) is 2. The summed E-state index contributed by atoms with van der Waals surface area (Å²) in [6, 6.07) is 1.72. The Labute approximate surface area is 102 Å². The van der Waals surface area contributed by atoms with Crippen LogP contribution in [-0.2, 0) is 5.41 Å². The summed E-state index contributed by atoms with van der Waals surface area (Å²) in [6.07, 6.45) is 0. The quantitative estimate of drug-likeness (QED) is 0.670. The number of aromatic amines is 3. The molecule has 6 nitrogen and oxygen atoms in total. The first-order valence-electron chi connectivity index (χ1n) is 5.13. The molecule has 2 heterocycles. The first-order valence-corrected chi connectivity index (χ1v) is 5.54. The third-order valence-corrected chi connectivity index (χ3v) is 2.52. The van der Waals surface area contributed by atoms with Crippen molar-refractivity contribution in [3.8, 4) is 11.4 Å². The van der Waals surface area contributed by atoms with Crippen LogP contribution in [-0.4, -0.2) is 25.4 Å². The van der Waals surface area contributed by atoms with E-state index in [1.807, 2.05) is 20.8 Å². The van der Waals surface area contributed by atoms with Gasteiger partial charge in [-0.2, -0.15) is 10.1 Å². The summed E-state index contributed by atoms with van der Waals surface area (Å²) in [7, 11) is 0. The van der Waals surface area contributed by atoms with Crippen molar-refractivity contribution in [2.75, 3.05) is 0 Å². The minimum Gasteiger partial charge on any atom is -0.281 e. The lowest BCUT2D eigenvalue weighted by Crippen LogP contribution is -2.20. The SMILES string of the molecule is CC(C)(C)c1cc(-c2nc(=S)[nH][nH]2)c(=O)[nH]n1. The standard InChI is InChI=1S/C10H13N5OS/c1-10(2,3)6-4-5(8(16)14-12-6)7-11-9(17)15-13-7/h4H,1-3H3,(H,14,16)(H2,11,13,15,17). The fraction of sp³-hybridized carbons (Fsp3) is 0.400. The van der Waals surface area contributed by atoms with Gasteiger partial charge in [0.25, 0.3) is 5.56 Å². The molecule has 0 aliphatic heterocycles. The van der Waals surface area contributed by atoms with Gasteiger partial charge in [0.2, 0.25) is 4.77 Å². The maximum atomic E-state index is 11.7. The molecule has 0 saturated heterocycles. The molecule has 2 rings (SSSR count). The first kappa shape index (κ1) is 11.7. The highest BCUT2D eigenvalue weighted by Crippen LogP contribution is 2.21. The zero-order valence-electron chi connectivity index (χ0n) is 9.79. The number of hydrogen-bond acceptors (Lipinski definition) is 4. The number of nitrogens with one attached hydrogen (secondary N) is 3. The number of hydrogen-bond donors (Lipinski definition) is 3. The molecule has 17 heavy (non-hydrogen) atoms. The van der Waals surface area contributed by atoms with Gasteiger partial charge in [0.15, 0.2) is 5.82 Å². The summed E-state index contributed by atoms with van der Waals surface area (Å²) < 4.78 is 0.313. The lowest BCUT2D eigenvalue weighted by Gasteiger charge is -2.16. The Morgan fingerprint density at radius 2 is 2.00 bits per heavy atom. The van der Waals surface area contributed by atoms with Crippen LogP contribution in [0.25, 0.3) is 11.4 Å². The average Bonchev–Trinajstić information content (AvgIpc) is 2.63. The van der Waals surface area contributed by atoms with E-state index in [0.717, 1.165) is 5.69 Å². The van der Waals surface area contributed by atoms with Crippen molar-refractivity contribution in [2.24, 2.45) is 0 Å². The molecule has 7 heteroatoms. The Morgan fingerprint density at radius 1 is 1.29 bits per heavy atom. The zero-order chi connectivity index (χ0) is 12.6. The topological polar surface area (TPSA) is 90.2 Å². The molecule has 2 aromatic heterocycles. The minimum atomic E-state index is -0.296. The van der Waals surface area contributed by atoms with Gasteiger partial charge in [-0.1, -0.05) is 20.8 Å². The van der Waals surface area contributed by atoms with Crippen molar-refractivity contribution in [1.29, 1.82) is 0 Å². The Morgan fingerprint density at radius 3 is 2.53 bits per heavy atom. The number of aromatic nitrogens is 5. The second-order valence-electron chi connectivity index (χ2n) is 4.76. The van der Waals surface area contributed by atoms with E-state index in [4.69, 9.17) is 12.2 Å². The Hall–Kier alpha value is -1.76. The smallest absolute Gasteiger partial charge is 0.275 e. The van der Waals surface area contributed by atoms with Crippen molar-refractivity contribution in [2.45, 2.75) is 26.2 Å². The van der Waals surface area contributed by atoms with Gasteiger partial charge in [-0.05, 0) is 18.3 Å². The van der Waals surface area contributed by atoms with Crippen LogP contribution in [0.5, 0.6) is 0 Å². The van der Waals surface area contributed by atoms with E-state index in [1.54, 1.807) is 6.07 Å². The fourth-order valence-corrected chi connectivity index (χ4v) is 1.51. The van der Waals surface area contributed by atoms with Crippen LogP contribution in [0, 0.1) is 4.77 Å². The van der Waals surface area contributed by atoms with E-state index < -0.39 is 0 Å². The molecule has 0 fully saturated rings. The predicted molar refractivity (Wildman–Crippen MR) is 66.3 cm³/mol. The molecule has 0 aliphatic rings. The summed E-state index contributed by atoms with van der Waals surface area (Å²) in [5.74, 6) is 0.421. The number of H-pyrrole nitrogens is 3. The van der Waals surface area contributed by atoms with Crippen molar-refractivity contribution in [3.63, 3.8) is 0 Å². The van der Waals surface area contributed by atoms with E-state index in [9.17, 15) is 4.79 Å². The molecule has 0 saturated carbocycles. The van der Waals surface area contributed by atoms with Gasteiger partial charge < -0.3 is 0 Å². The van der Waals surface area contributed by atoms with Gasteiger partial charge in [0.05, 0.1) is 11.3 Å². The van der Waals surface area contributed by atoms with Gasteiger partial charge in [-0.25, -0.2) is 5.10 Å². The first-order chi connectivity index (χ1) is 7.88. The molecule has 0 aliphatic carbocycles. The lowest BCUT2D eigenvalue weighted by molar-refractivity contribution is 0.557. The number of rotatable bonds is 1. The summed E-state index contributed by atoms with van der Waals surface area (Å²) in [4.78, 5) is 15.7. The molecular formula is C10H13N5OS. The molecule has 0 amide bonds. The van der Waals surface area contributed by atoms with Gasteiger partial charge in [-0.3, -0.25) is 15.0 Å². The fourth-order valence-electron chi connectivity index (χ4n) is 1.36. The van der Waals surface area contributed by atoms with Crippen LogP contribution in [0.15, 0.2) is 10.9 Å². The maximum Gasteiger partial charge on any atom is 0.275 e. The second-order valence-corrected chi connectivity index (χ2v) is 5.15. The van der Waals surface area contributed by atoms with E-state index in [-0.39, 0.29) is 11.0 Å². The molecular weight excluding hydrogens is 238 g/mol. The summed E-state index contributed by atoms with van der Waals surface area (Å²) in [6.45, 7) is 6.05. The van der Waals surface area contributed by atoms with Crippen molar-refractivity contribution < 1.29 is 0 Å². The molecule has 2 aromatic rings. The highest BCUT2D eigenvalue weighted by Gasteiger charge is 2.18. The van der Waals surface area contributed by atoms with Gasteiger partial charge in [0.1, 0.15) is 0 Å². The van der Waals surface area contributed by atoms with Crippen LogP contribution in [0.3, 0.4) is 0 Å².